The van der Waals surface area contributed by atoms with Crippen molar-refractivity contribution in [3.63, 3.8) is 0 Å². The number of carbonyl (C=O) groups excluding carboxylic acids is 1. The zero-order valence-electron chi connectivity index (χ0n) is 11.1. The molecule has 0 spiro atoms. The van der Waals surface area contributed by atoms with E-state index in [4.69, 9.17) is 0 Å². The standard InChI is InChI=1S/C17H12F2OS/c18-15-5-3-6-16(19)14(15)9-12(20)8-11-10-21-17-7-2-1-4-13(11)17/h1-7,10H,8-9H2. The lowest BCUT2D eigenvalue weighted by Gasteiger charge is -2.04. The van der Waals surface area contributed by atoms with Gasteiger partial charge < -0.3 is 0 Å². The van der Waals surface area contributed by atoms with Gasteiger partial charge in [-0.15, -0.1) is 11.3 Å². The Morgan fingerprint density at radius 1 is 0.952 bits per heavy atom. The Morgan fingerprint density at radius 2 is 1.67 bits per heavy atom. The van der Waals surface area contributed by atoms with Crippen LogP contribution in [0.1, 0.15) is 11.1 Å². The van der Waals surface area contributed by atoms with Crippen molar-refractivity contribution in [2.75, 3.05) is 0 Å². The van der Waals surface area contributed by atoms with Crippen molar-refractivity contribution >= 4 is 27.2 Å². The second kappa shape index (κ2) is 5.74. The van der Waals surface area contributed by atoms with E-state index in [0.29, 0.717) is 0 Å². The number of hydrogen-bond acceptors (Lipinski definition) is 2. The Bertz CT molecular complexity index is 787. The molecule has 0 N–H and O–H groups in total. The van der Waals surface area contributed by atoms with Gasteiger partial charge in [0.1, 0.15) is 17.4 Å². The predicted octanol–water partition coefficient (Wildman–Crippen LogP) is 4.53. The van der Waals surface area contributed by atoms with Crippen LogP contribution in [-0.2, 0) is 17.6 Å². The molecule has 0 unspecified atom stereocenters. The normalized spacial score (nSPS) is 11.0. The minimum Gasteiger partial charge on any atom is -0.299 e. The number of fused-ring (bicyclic) bond motifs is 1. The molecule has 0 aliphatic rings. The monoisotopic (exact) mass is 302 g/mol. The minimum atomic E-state index is -0.668. The molecule has 1 heterocycles. The zero-order chi connectivity index (χ0) is 14.8. The van der Waals surface area contributed by atoms with Gasteiger partial charge in [-0.3, -0.25) is 4.79 Å². The second-order valence-corrected chi connectivity index (χ2v) is 5.76. The molecular formula is C17H12F2OS. The van der Waals surface area contributed by atoms with Gasteiger partial charge in [-0.2, -0.15) is 0 Å². The van der Waals surface area contributed by atoms with Crippen LogP contribution < -0.4 is 0 Å². The van der Waals surface area contributed by atoms with Gasteiger partial charge in [-0.1, -0.05) is 24.3 Å². The molecule has 0 saturated carbocycles. The fourth-order valence-corrected chi connectivity index (χ4v) is 3.31. The molecule has 0 aliphatic heterocycles. The van der Waals surface area contributed by atoms with E-state index in [-0.39, 0.29) is 24.2 Å². The van der Waals surface area contributed by atoms with E-state index in [1.165, 1.54) is 18.2 Å². The average Bonchev–Trinajstić information content (AvgIpc) is 2.87. The smallest absolute Gasteiger partial charge is 0.141 e. The molecule has 0 atom stereocenters. The highest BCUT2D eigenvalue weighted by Crippen LogP contribution is 2.26. The van der Waals surface area contributed by atoms with Crippen molar-refractivity contribution in [3.8, 4) is 0 Å². The number of carbonyl (C=O) groups is 1. The van der Waals surface area contributed by atoms with Gasteiger partial charge in [0, 0.05) is 23.1 Å². The highest BCUT2D eigenvalue weighted by molar-refractivity contribution is 7.17. The molecule has 106 valence electrons. The first-order chi connectivity index (χ1) is 10.1. The first-order valence-corrected chi connectivity index (χ1v) is 7.43. The summed E-state index contributed by atoms with van der Waals surface area (Å²) in [6.45, 7) is 0. The van der Waals surface area contributed by atoms with E-state index in [2.05, 4.69) is 0 Å². The SMILES string of the molecule is O=C(Cc1c(F)cccc1F)Cc1csc2ccccc12. The molecule has 0 aliphatic carbocycles. The second-order valence-electron chi connectivity index (χ2n) is 4.85. The van der Waals surface area contributed by atoms with Gasteiger partial charge in [0.15, 0.2) is 0 Å². The van der Waals surface area contributed by atoms with Crippen LogP contribution in [0.4, 0.5) is 8.78 Å². The van der Waals surface area contributed by atoms with Gasteiger partial charge in [0.25, 0.3) is 0 Å². The third-order valence-corrected chi connectivity index (χ3v) is 4.40. The van der Waals surface area contributed by atoms with Crippen molar-refractivity contribution in [1.82, 2.24) is 0 Å². The summed E-state index contributed by atoms with van der Waals surface area (Å²) in [5.41, 5.74) is 0.763. The number of rotatable bonds is 4. The number of ketones is 1. The minimum absolute atomic E-state index is 0.151. The fraction of sp³-hybridized carbons (Fsp3) is 0.118. The summed E-state index contributed by atoms with van der Waals surface area (Å²) < 4.78 is 28.2. The molecule has 3 aromatic rings. The van der Waals surface area contributed by atoms with E-state index >= 15 is 0 Å². The summed E-state index contributed by atoms with van der Waals surface area (Å²) in [6, 6.07) is 11.4. The lowest BCUT2D eigenvalue weighted by atomic mass is 10.0. The third-order valence-electron chi connectivity index (χ3n) is 3.38. The maximum Gasteiger partial charge on any atom is 0.141 e. The van der Waals surface area contributed by atoms with Crippen molar-refractivity contribution < 1.29 is 13.6 Å². The van der Waals surface area contributed by atoms with Crippen molar-refractivity contribution in [2.45, 2.75) is 12.8 Å². The number of halogens is 2. The Balaban J connectivity index is 1.81. The number of Topliss-reactive ketones (excluding diaryl/α,β-unsaturated/α-hetero) is 1. The summed E-state index contributed by atoms with van der Waals surface area (Å²) >= 11 is 1.57. The van der Waals surface area contributed by atoms with Crippen molar-refractivity contribution in [1.29, 1.82) is 0 Å². The molecule has 2 aromatic carbocycles. The van der Waals surface area contributed by atoms with Crippen molar-refractivity contribution in [2.24, 2.45) is 0 Å². The van der Waals surface area contributed by atoms with Gasteiger partial charge in [-0.05, 0) is 34.5 Å². The lowest BCUT2D eigenvalue weighted by Crippen LogP contribution is -2.09. The summed E-state index contributed by atoms with van der Waals surface area (Å²) in [4.78, 5) is 12.1. The van der Waals surface area contributed by atoms with Gasteiger partial charge in [-0.25, -0.2) is 8.78 Å². The van der Waals surface area contributed by atoms with Crippen LogP contribution in [0.3, 0.4) is 0 Å². The molecule has 3 rings (SSSR count). The van der Waals surface area contributed by atoms with E-state index in [9.17, 15) is 13.6 Å². The molecule has 1 aromatic heterocycles. The molecular weight excluding hydrogens is 290 g/mol. The van der Waals surface area contributed by atoms with Crippen LogP contribution in [0.5, 0.6) is 0 Å². The Kier molecular flexibility index (Phi) is 3.80. The van der Waals surface area contributed by atoms with Crippen LogP contribution in [0.15, 0.2) is 47.8 Å². The van der Waals surface area contributed by atoms with E-state index in [1.807, 2.05) is 29.6 Å². The van der Waals surface area contributed by atoms with Gasteiger partial charge in [0.05, 0.1) is 0 Å². The Labute approximate surface area is 124 Å². The third kappa shape index (κ3) is 2.85. The molecule has 0 fully saturated rings. The molecule has 0 saturated heterocycles. The first-order valence-electron chi connectivity index (χ1n) is 6.55. The van der Waals surface area contributed by atoms with Crippen LogP contribution in [0, 0.1) is 11.6 Å². The zero-order valence-corrected chi connectivity index (χ0v) is 11.9. The number of benzene rings is 2. The van der Waals surface area contributed by atoms with Gasteiger partial charge in [0.2, 0.25) is 0 Å². The van der Waals surface area contributed by atoms with E-state index in [1.54, 1.807) is 11.3 Å². The lowest BCUT2D eigenvalue weighted by molar-refractivity contribution is -0.117. The van der Waals surface area contributed by atoms with Gasteiger partial charge >= 0.3 is 0 Å². The molecule has 1 nitrogen and oxygen atoms in total. The fourth-order valence-electron chi connectivity index (χ4n) is 2.34. The molecule has 4 heteroatoms. The van der Waals surface area contributed by atoms with Crippen LogP contribution in [-0.4, -0.2) is 5.78 Å². The van der Waals surface area contributed by atoms with Crippen LogP contribution >= 0.6 is 11.3 Å². The quantitative estimate of drug-likeness (QED) is 0.692. The summed E-state index contributed by atoms with van der Waals surface area (Å²) in [5, 5.41) is 2.96. The van der Waals surface area contributed by atoms with Crippen molar-refractivity contribution in [3.05, 3.63) is 70.6 Å². The number of thiophene rings is 1. The Hall–Kier alpha value is -2.07. The highest BCUT2D eigenvalue weighted by Gasteiger charge is 2.15. The van der Waals surface area contributed by atoms with Crippen LogP contribution in [0.25, 0.3) is 10.1 Å². The van der Waals surface area contributed by atoms with E-state index < -0.39 is 11.6 Å². The maximum absolute atomic E-state index is 13.6. The highest BCUT2D eigenvalue weighted by atomic mass is 32.1. The largest absolute Gasteiger partial charge is 0.299 e. The predicted molar refractivity (Wildman–Crippen MR) is 80.6 cm³/mol. The molecule has 0 radical (unpaired) electrons. The summed E-state index contributed by atoms with van der Waals surface area (Å²) in [6.07, 6.45) is -0.0273. The van der Waals surface area contributed by atoms with Crippen LogP contribution in [0.2, 0.25) is 0 Å². The van der Waals surface area contributed by atoms with E-state index in [0.717, 1.165) is 15.6 Å². The maximum atomic E-state index is 13.6. The topological polar surface area (TPSA) is 17.1 Å². The molecule has 0 amide bonds. The molecule has 21 heavy (non-hydrogen) atoms. The number of hydrogen-bond donors (Lipinski definition) is 0. The summed E-state index contributed by atoms with van der Waals surface area (Å²) in [5.74, 6) is -1.53. The average molecular weight is 302 g/mol. The summed E-state index contributed by atoms with van der Waals surface area (Å²) in [7, 11) is 0. The molecule has 0 bridgehead atoms. The Morgan fingerprint density at radius 3 is 2.43 bits per heavy atom. The first kappa shape index (κ1) is 13.9.